The van der Waals surface area contributed by atoms with Crippen molar-refractivity contribution < 1.29 is 24.2 Å². The van der Waals surface area contributed by atoms with Crippen molar-refractivity contribution in [1.82, 2.24) is 4.90 Å². The average molecular weight is 271 g/mol. The summed E-state index contributed by atoms with van der Waals surface area (Å²) in [6.07, 6.45) is 1.88. The summed E-state index contributed by atoms with van der Waals surface area (Å²) in [5.41, 5.74) is -1.45. The second kappa shape index (κ2) is 6.54. The largest absolute Gasteiger partial charge is 0.479 e. The molecule has 1 saturated heterocycles. The zero-order valence-corrected chi connectivity index (χ0v) is 11.5. The van der Waals surface area contributed by atoms with E-state index in [1.807, 2.05) is 6.92 Å². The van der Waals surface area contributed by atoms with Crippen molar-refractivity contribution in [3.8, 4) is 0 Å². The number of imide groups is 1. The summed E-state index contributed by atoms with van der Waals surface area (Å²) < 4.78 is 5.00. The molecule has 6 nitrogen and oxygen atoms in total. The highest BCUT2D eigenvalue weighted by atomic mass is 16.6. The van der Waals surface area contributed by atoms with Gasteiger partial charge in [0.25, 0.3) is 0 Å². The minimum atomic E-state index is -1.45. The molecule has 0 spiro atoms. The van der Waals surface area contributed by atoms with Crippen molar-refractivity contribution in [2.75, 3.05) is 6.61 Å². The third kappa shape index (κ3) is 3.05. The number of carboxylic acid groups (broad SMARTS) is 1. The fourth-order valence-electron chi connectivity index (χ4n) is 2.33. The second-order valence-corrected chi connectivity index (χ2v) is 4.74. The topological polar surface area (TPSA) is 83.9 Å². The van der Waals surface area contributed by atoms with Gasteiger partial charge >= 0.3 is 12.1 Å². The van der Waals surface area contributed by atoms with Crippen LogP contribution in [0.1, 0.15) is 52.4 Å². The van der Waals surface area contributed by atoms with Crippen LogP contribution in [0.25, 0.3) is 0 Å². The number of ether oxygens (including phenoxy) is 1. The molecule has 1 aliphatic heterocycles. The Hall–Kier alpha value is -1.59. The molecule has 0 aliphatic carbocycles. The smallest absolute Gasteiger partial charge is 0.417 e. The zero-order chi connectivity index (χ0) is 14.5. The highest BCUT2D eigenvalue weighted by molar-refractivity contribution is 5.99. The Morgan fingerprint density at radius 1 is 1.42 bits per heavy atom. The summed E-state index contributed by atoms with van der Waals surface area (Å²) in [5.74, 6) is -1.60. The van der Waals surface area contributed by atoms with Crippen molar-refractivity contribution in [2.24, 2.45) is 0 Å². The molecular formula is C13H21NO5. The summed E-state index contributed by atoms with van der Waals surface area (Å²) in [5, 5.41) is 9.40. The number of aliphatic carboxylic acids is 1. The van der Waals surface area contributed by atoms with E-state index in [9.17, 15) is 19.5 Å². The Labute approximate surface area is 112 Å². The molecule has 1 atom stereocenters. The van der Waals surface area contributed by atoms with E-state index in [1.54, 1.807) is 6.92 Å². The molecule has 1 unspecified atom stereocenters. The lowest BCUT2D eigenvalue weighted by molar-refractivity contribution is -0.161. The highest BCUT2D eigenvalue weighted by Gasteiger charge is 2.51. The maximum Gasteiger partial charge on any atom is 0.417 e. The van der Waals surface area contributed by atoms with Crippen molar-refractivity contribution >= 4 is 18.0 Å². The van der Waals surface area contributed by atoms with Crippen LogP contribution in [0.15, 0.2) is 0 Å². The molecule has 19 heavy (non-hydrogen) atoms. The van der Waals surface area contributed by atoms with Gasteiger partial charge in [0.1, 0.15) is 0 Å². The van der Waals surface area contributed by atoms with Crippen LogP contribution in [-0.2, 0) is 14.3 Å². The van der Waals surface area contributed by atoms with Crippen LogP contribution in [0.5, 0.6) is 0 Å². The predicted octanol–water partition coefficient (Wildman–Crippen LogP) is 2.17. The van der Waals surface area contributed by atoms with E-state index in [4.69, 9.17) is 4.74 Å². The summed E-state index contributed by atoms with van der Waals surface area (Å²) in [4.78, 5) is 36.2. The van der Waals surface area contributed by atoms with Crippen LogP contribution in [0.2, 0.25) is 0 Å². The fourth-order valence-corrected chi connectivity index (χ4v) is 2.33. The zero-order valence-electron chi connectivity index (χ0n) is 11.5. The van der Waals surface area contributed by atoms with E-state index in [-0.39, 0.29) is 25.9 Å². The molecule has 1 rings (SSSR count). The summed E-state index contributed by atoms with van der Waals surface area (Å²) in [7, 11) is 0. The maximum atomic E-state index is 12.0. The van der Waals surface area contributed by atoms with E-state index in [0.717, 1.165) is 11.3 Å². The van der Waals surface area contributed by atoms with Gasteiger partial charge in [-0.05, 0) is 25.7 Å². The molecule has 1 aliphatic rings. The molecule has 6 heteroatoms. The first-order valence-electron chi connectivity index (χ1n) is 6.72. The first-order chi connectivity index (χ1) is 8.99. The maximum absolute atomic E-state index is 12.0. The lowest BCUT2D eigenvalue weighted by Crippen LogP contribution is -2.61. The van der Waals surface area contributed by atoms with Gasteiger partial charge in [-0.15, -0.1) is 0 Å². The van der Waals surface area contributed by atoms with E-state index in [2.05, 4.69) is 0 Å². The third-order valence-electron chi connectivity index (χ3n) is 3.55. The van der Waals surface area contributed by atoms with Gasteiger partial charge < -0.3 is 9.84 Å². The number of amides is 2. The first-order valence-corrected chi connectivity index (χ1v) is 6.72. The molecular weight excluding hydrogens is 250 g/mol. The Morgan fingerprint density at radius 2 is 2.11 bits per heavy atom. The lowest BCUT2D eigenvalue weighted by atomic mass is 9.84. The minimum Gasteiger partial charge on any atom is -0.479 e. The molecule has 0 saturated carbocycles. The van der Waals surface area contributed by atoms with E-state index < -0.39 is 23.5 Å². The molecule has 0 aromatic heterocycles. The third-order valence-corrected chi connectivity index (χ3v) is 3.55. The molecule has 0 aromatic rings. The highest BCUT2D eigenvalue weighted by Crippen LogP contribution is 2.33. The number of nitrogens with zero attached hydrogens (tertiary/aromatic N) is 1. The Morgan fingerprint density at radius 3 is 2.63 bits per heavy atom. The standard InChI is InChI=1S/C13H21NO5/c1-3-5-9-19-12(18)14-10(15)7-6-8-13(14,4-2)11(16)17/h3-9H2,1-2H3,(H,16,17). The van der Waals surface area contributed by atoms with Crippen molar-refractivity contribution in [3.63, 3.8) is 0 Å². The van der Waals surface area contributed by atoms with Crippen LogP contribution in [0.3, 0.4) is 0 Å². The van der Waals surface area contributed by atoms with Crippen LogP contribution < -0.4 is 0 Å². The molecule has 1 heterocycles. The number of hydrogen-bond acceptors (Lipinski definition) is 4. The van der Waals surface area contributed by atoms with Crippen molar-refractivity contribution in [1.29, 1.82) is 0 Å². The molecule has 2 amide bonds. The number of carboxylic acids is 1. The Balaban J connectivity index is 2.92. The molecule has 1 fully saturated rings. The number of hydrogen-bond donors (Lipinski definition) is 1. The number of carbonyl (C=O) groups excluding carboxylic acids is 2. The van der Waals surface area contributed by atoms with Crippen LogP contribution in [0, 0.1) is 0 Å². The van der Waals surface area contributed by atoms with Crippen LogP contribution in [0.4, 0.5) is 4.79 Å². The quantitative estimate of drug-likeness (QED) is 0.775. The molecule has 0 aromatic carbocycles. The van der Waals surface area contributed by atoms with Gasteiger partial charge in [-0.3, -0.25) is 4.79 Å². The number of carbonyl (C=O) groups is 3. The van der Waals surface area contributed by atoms with Gasteiger partial charge in [0.2, 0.25) is 5.91 Å². The molecule has 1 N–H and O–H groups in total. The fraction of sp³-hybridized carbons (Fsp3) is 0.769. The number of rotatable bonds is 5. The number of likely N-dealkylation sites (tertiary alicyclic amines) is 1. The minimum absolute atomic E-state index is 0.191. The summed E-state index contributed by atoms with van der Waals surface area (Å²) in [6, 6.07) is 0. The van der Waals surface area contributed by atoms with Gasteiger partial charge in [-0.25, -0.2) is 14.5 Å². The van der Waals surface area contributed by atoms with Crippen LogP contribution in [-0.4, -0.2) is 40.1 Å². The van der Waals surface area contributed by atoms with Crippen LogP contribution >= 0.6 is 0 Å². The van der Waals surface area contributed by atoms with Gasteiger partial charge in [0, 0.05) is 6.42 Å². The second-order valence-electron chi connectivity index (χ2n) is 4.74. The SMILES string of the molecule is CCCCOC(=O)N1C(=O)CCCC1(CC)C(=O)O. The monoisotopic (exact) mass is 271 g/mol. The molecule has 0 bridgehead atoms. The van der Waals surface area contributed by atoms with Gasteiger partial charge in [-0.1, -0.05) is 20.3 Å². The van der Waals surface area contributed by atoms with E-state index in [1.165, 1.54) is 0 Å². The van der Waals surface area contributed by atoms with Crippen molar-refractivity contribution in [3.05, 3.63) is 0 Å². The summed E-state index contributed by atoms with van der Waals surface area (Å²) in [6.45, 7) is 3.82. The lowest BCUT2D eigenvalue weighted by Gasteiger charge is -2.40. The Bertz CT molecular complexity index is 368. The van der Waals surface area contributed by atoms with Crippen molar-refractivity contribution in [2.45, 2.75) is 57.9 Å². The van der Waals surface area contributed by atoms with Gasteiger partial charge in [-0.2, -0.15) is 0 Å². The van der Waals surface area contributed by atoms with Gasteiger partial charge in [0.15, 0.2) is 5.54 Å². The predicted molar refractivity (Wildman–Crippen MR) is 67.6 cm³/mol. The number of unbranched alkanes of at least 4 members (excludes halogenated alkanes) is 1. The molecule has 0 radical (unpaired) electrons. The first kappa shape index (κ1) is 15.5. The number of piperidine rings is 1. The van der Waals surface area contributed by atoms with E-state index in [0.29, 0.717) is 12.8 Å². The van der Waals surface area contributed by atoms with Gasteiger partial charge in [0.05, 0.1) is 6.61 Å². The normalized spacial score (nSPS) is 23.3. The average Bonchev–Trinajstić information content (AvgIpc) is 2.38. The summed E-state index contributed by atoms with van der Waals surface area (Å²) >= 11 is 0. The van der Waals surface area contributed by atoms with E-state index >= 15 is 0 Å². The molecule has 108 valence electrons. The Kier molecular flexibility index (Phi) is 5.32.